The predicted molar refractivity (Wildman–Crippen MR) is 96.8 cm³/mol. The van der Waals surface area contributed by atoms with Crippen LogP contribution < -0.4 is 15.0 Å². The molecule has 134 valence electrons. The van der Waals surface area contributed by atoms with Crippen LogP contribution in [0.15, 0.2) is 54.6 Å². The topological polar surface area (TPSA) is 75.7 Å². The number of carbonyl (C=O) groups is 3. The average Bonchev–Trinajstić information content (AvgIpc) is 3.07. The van der Waals surface area contributed by atoms with Gasteiger partial charge >= 0.3 is 5.97 Å². The van der Waals surface area contributed by atoms with Crippen LogP contribution in [0.3, 0.4) is 0 Å². The molecule has 1 aliphatic rings. The van der Waals surface area contributed by atoms with Crippen molar-refractivity contribution in [2.75, 3.05) is 18.0 Å². The van der Waals surface area contributed by atoms with Crippen LogP contribution in [0.2, 0.25) is 0 Å². The fraction of sp³-hybridized carbons (Fsp3) is 0.250. The summed E-state index contributed by atoms with van der Waals surface area (Å²) in [6.07, 6.45) is 1.64. The Morgan fingerprint density at radius 3 is 2.42 bits per heavy atom. The van der Waals surface area contributed by atoms with E-state index in [1.807, 2.05) is 30.3 Å². The Balaban J connectivity index is 1.46. The highest BCUT2D eigenvalue weighted by Crippen LogP contribution is 2.23. The lowest BCUT2D eigenvalue weighted by Gasteiger charge is -2.15. The number of esters is 1. The van der Waals surface area contributed by atoms with Crippen LogP contribution in [0.1, 0.15) is 18.4 Å². The normalized spacial score (nSPS) is 13.5. The maximum Gasteiger partial charge on any atom is 0.330 e. The van der Waals surface area contributed by atoms with Gasteiger partial charge in [-0.05, 0) is 36.2 Å². The summed E-state index contributed by atoms with van der Waals surface area (Å²) >= 11 is 0. The molecule has 2 amide bonds. The van der Waals surface area contributed by atoms with Gasteiger partial charge < -0.3 is 15.0 Å². The first-order valence-electron chi connectivity index (χ1n) is 8.53. The summed E-state index contributed by atoms with van der Waals surface area (Å²) in [4.78, 5) is 37.1. The van der Waals surface area contributed by atoms with Gasteiger partial charge in [-0.15, -0.1) is 0 Å². The molecule has 0 bridgehead atoms. The first-order chi connectivity index (χ1) is 12.6. The van der Waals surface area contributed by atoms with Gasteiger partial charge in [-0.3, -0.25) is 9.59 Å². The molecule has 1 fully saturated rings. The minimum absolute atomic E-state index is 0.107. The van der Waals surface area contributed by atoms with Gasteiger partial charge in [0, 0.05) is 18.7 Å². The molecule has 2 aromatic rings. The number of hydrogen-bond donors (Lipinski definition) is 1. The molecular weight excluding hydrogens is 332 g/mol. The Hall–Kier alpha value is -3.15. The van der Waals surface area contributed by atoms with Crippen LogP contribution in [-0.2, 0) is 20.8 Å². The SMILES string of the molecule is O=C(Cc1ccccc1)NCC(=O)Oc1ccc(N2CCCC2=O)cc1. The number of ether oxygens (including phenoxy) is 1. The molecule has 0 atom stereocenters. The second-order valence-corrected chi connectivity index (χ2v) is 6.06. The Morgan fingerprint density at radius 1 is 1.04 bits per heavy atom. The minimum atomic E-state index is -0.545. The summed E-state index contributed by atoms with van der Waals surface area (Å²) < 4.78 is 5.20. The van der Waals surface area contributed by atoms with E-state index < -0.39 is 5.97 Å². The maximum absolute atomic E-state index is 11.9. The Bertz CT molecular complexity index is 787. The molecule has 0 aliphatic carbocycles. The predicted octanol–water partition coefficient (Wildman–Crippen LogP) is 2.08. The van der Waals surface area contributed by atoms with Crippen molar-refractivity contribution in [1.29, 1.82) is 0 Å². The van der Waals surface area contributed by atoms with Crippen molar-refractivity contribution in [3.8, 4) is 5.75 Å². The maximum atomic E-state index is 11.9. The van der Waals surface area contributed by atoms with E-state index >= 15 is 0 Å². The lowest BCUT2D eigenvalue weighted by molar-refractivity contribution is -0.135. The Labute approximate surface area is 151 Å². The number of rotatable bonds is 6. The summed E-state index contributed by atoms with van der Waals surface area (Å²) in [6.45, 7) is 0.517. The van der Waals surface area contributed by atoms with Gasteiger partial charge in [0.05, 0.1) is 6.42 Å². The van der Waals surface area contributed by atoms with Crippen molar-refractivity contribution in [3.63, 3.8) is 0 Å². The summed E-state index contributed by atoms with van der Waals surface area (Å²) in [5.41, 5.74) is 1.67. The van der Waals surface area contributed by atoms with E-state index in [2.05, 4.69) is 5.32 Å². The van der Waals surface area contributed by atoms with Crippen molar-refractivity contribution in [2.45, 2.75) is 19.3 Å². The highest BCUT2D eigenvalue weighted by molar-refractivity contribution is 5.95. The molecule has 1 aliphatic heterocycles. The smallest absolute Gasteiger partial charge is 0.330 e. The summed E-state index contributed by atoms with van der Waals surface area (Å²) in [5, 5.41) is 2.55. The van der Waals surface area contributed by atoms with Crippen molar-refractivity contribution in [1.82, 2.24) is 5.32 Å². The third kappa shape index (κ3) is 4.69. The molecule has 1 saturated heterocycles. The quantitative estimate of drug-likeness (QED) is 0.638. The van der Waals surface area contributed by atoms with E-state index in [1.165, 1.54) is 0 Å². The van der Waals surface area contributed by atoms with E-state index in [0.29, 0.717) is 18.7 Å². The molecule has 6 heteroatoms. The second-order valence-electron chi connectivity index (χ2n) is 6.06. The zero-order valence-electron chi connectivity index (χ0n) is 14.3. The van der Waals surface area contributed by atoms with Crippen LogP contribution in [0, 0.1) is 0 Å². The highest BCUT2D eigenvalue weighted by atomic mass is 16.5. The van der Waals surface area contributed by atoms with Gasteiger partial charge in [-0.25, -0.2) is 4.79 Å². The number of nitrogens with one attached hydrogen (secondary N) is 1. The van der Waals surface area contributed by atoms with Crippen LogP contribution in [0.4, 0.5) is 5.69 Å². The number of hydrogen-bond acceptors (Lipinski definition) is 4. The van der Waals surface area contributed by atoms with Crippen LogP contribution in [-0.4, -0.2) is 30.9 Å². The number of amides is 2. The average molecular weight is 352 g/mol. The minimum Gasteiger partial charge on any atom is -0.425 e. The zero-order chi connectivity index (χ0) is 18.4. The van der Waals surface area contributed by atoms with Gasteiger partial charge in [0.25, 0.3) is 0 Å². The molecule has 6 nitrogen and oxygen atoms in total. The summed E-state index contributed by atoms with van der Waals surface area (Å²) in [6, 6.07) is 16.1. The first kappa shape index (κ1) is 17.7. The van der Waals surface area contributed by atoms with E-state index in [0.717, 1.165) is 17.7 Å². The molecule has 0 unspecified atom stereocenters. The number of benzene rings is 2. The fourth-order valence-corrected chi connectivity index (χ4v) is 2.80. The standard InChI is InChI=1S/C20H20N2O4/c23-18(13-15-5-2-1-3-6-15)21-14-20(25)26-17-10-8-16(9-11-17)22-12-4-7-19(22)24/h1-3,5-6,8-11H,4,7,12-14H2,(H,21,23). The Kier molecular flexibility index (Phi) is 5.63. The summed E-state index contributed by atoms with van der Waals surface area (Å²) in [5.74, 6) is -0.300. The second kappa shape index (κ2) is 8.29. The van der Waals surface area contributed by atoms with E-state index in [1.54, 1.807) is 29.2 Å². The van der Waals surface area contributed by atoms with E-state index in [4.69, 9.17) is 4.74 Å². The van der Waals surface area contributed by atoms with Crippen molar-refractivity contribution in [2.24, 2.45) is 0 Å². The molecule has 3 rings (SSSR count). The molecule has 2 aromatic carbocycles. The van der Waals surface area contributed by atoms with Gasteiger partial charge in [0.1, 0.15) is 12.3 Å². The third-order valence-corrected chi connectivity index (χ3v) is 4.09. The zero-order valence-corrected chi connectivity index (χ0v) is 14.3. The van der Waals surface area contributed by atoms with Crippen LogP contribution in [0.25, 0.3) is 0 Å². The van der Waals surface area contributed by atoms with Crippen molar-refractivity contribution < 1.29 is 19.1 Å². The van der Waals surface area contributed by atoms with Crippen LogP contribution >= 0.6 is 0 Å². The van der Waals surface area contributed by atoms with Gasteiger partial charge in [-0.1, -0.05) is 30.3 Å². The summed E-state index contributed by atoms with van der Waals surface area (Å²) in [7, 11) is 0. The first-order valence-corrected chi connectivity index (χ1v) is 8.53. The third-order valence-electron chi connectivity index (χ3n) is 4.09. The van der Waals surface area contributed by atoms with Gasteiger partial charge in [0.15, 0.2) is 0 Å². The fourth-order valence-electron chi connectivity index (χ4n) is 2.80. The Morgan fingerprint density at radius 2 is 1.77 bits per heavy atom. The number of nitrogens with zero attached hydrogens (tertiary/aromatic N) is 1. The molecule has 0 radical (unpaired) electrons. The molecule has 26 heavy (non-hydrogen) atoms. The van der Waals surface area contributed by atoms with Crippen molar-refractivity contribution in [3.05, 3.63) is 60.2 Å². The lowest BCUT2D eigenvalue weighted by Crippen LogP contribution is -2.32. The monoisotopic (exact) mass is 352 g/mol. The molecule has 1 heterocycles. The molecule has 1 N–H and O–H groups in total. The van der Waals surface area contributed by atoms with Crippen LogP contribution in [0.5, 0.6) is 5.75 Å². The molecule has 0 saturated carbocycles. The molecule has 0 aromatic heterocycles. The van der Waals surface area contributed by atoms with E-state index in [9.17, 15) is 14.4 Å². The number of anilines is 1. The number of carbonyl (C=O) groups excluding carboxylic acids is 3. The molecule has 0 spiro atoms. The van der Waals surface area contributed by atoms with Gasteiger partial charge in [-0.2, -0.15) is 0 Å². The lowest BCUT2D eigenvalue weighted by atomic mass is 10.1. The van der Waals surface area contributed by atoms with E-state index in [-0.39, 0.29) is 24.8 Å². The molecular formula is C20H20N2O4. The largest absolute Gasteiger partial charge is 0.425 e. The van der Waals surface area contributed by atoms with Gasteiger partial charge in [0.2, 0.25) is 11.8 Å². The highest BCUT2D eigenvalue weighted by Gasteiger charge is 2.21. The van der Waals surface area contributed by atoms with Crippen molar-refractivity contribution >= 4 is 23.5 Å².